The summed E-state index contributed by atoms with van der Waals surface area (Å²) in [5.74, 6) is 0. The van der Waals surface area contributed by atoms with E-state index in [1.54, 1.807) is 0 Å². The van der Waals surface area contributed by atoms with E-state index < -0.39 is 0 Å². The first-order valence-electron chi connectivity index (χ1n) is 5.73. The molecule has 5 nitrogen and oxygen atoms in total. The summed E-state index contributed by atoms with van der Waals surface area (Å²) in [7, 11) is 0. The molecule has 0 unspecified atom stereocenters. The maximum absolute atomic E-state index is 5.30. The quantitative estimate of drug-likeness (QED) is 0.595. The van der Waals surface area contributed by atoms with E-state index in [4.69, 9.17) is 28.1 Å². The molecular weight excluding hydrogens is 320 g/mol. The largest absolute Gasteiger partial charge is 0.294 e. The summed E-state index contributed by atoms with van der Waals surface area (Å²) in [4.78, 5) is 0. The van der Waals surface area contributed by atoms with Crippen LogP contribution in [0.3, 0.4) is 0 Å². The van der Waals surface area contributed by atoms with Crippen LogP contribution in [-0.2, 0) is 3.63 Å². The molecule has 0 aliphatic carbocycles. The lowest BCUT2D eigenvalue weighted by Crippen LogP contribution is -2.35. The van der Waals surface area contributed by atoms with Crippen molar-refractivity contribution in [1.82, 2.24) is 20.9 Å². The Morgan fingerprint density at radius 1 is 0.947 bits per heavy atom. The van der Waals surface area contributed by atoms with Gasteiger partial charge in [0.2, 0.25) is 0 Å². The summed E-state index contributed by atoms with van der Waals surface area (Å²) in [5, 5.41) is 3.85. The van der Waals surface area contributed by atoms with E-state index in [2.05, 4.69) is 23.0 Å². The summed E-state index contributed by atoms with van der Waals surface area (Å²) in [6.07, 6.45) is 10.2. The van der Waals surface area contributed by atoms with Crippen LogP contribution in [0, 0.1) is 0 Å². The van der Waals surface area contributed by atoms with Gasteiger partial charge in [0.25, 0.3) is 0 Å². The lowest BCUT2D eigenvalue weighted by atomic mass is 10.5. The summed E-state index contributed by atoms with van der Waals surface area (Å²) < 4.78 is 6.42. The first-order chi connectivity index (χ1) is 9.24. The van der Waals surface area contributed by atoms with Gasteiger partial charge >= 0.3 is 0 Å². The number of hydrazine groups is 2. The van der Waals surface area contributed by atoms with E-state index in [0.29, 0.717) is 8.64 Å². The molecule has 104 valence electrons. The molecule has 2 N–H and O–H groups in total. The van der Waals surface area contributed by atoms with Crippen molar-refractivity contribution in [2.24, 2.45) is 0 Å². The fourth-order valence-electron chi connectivity index (χ4n) is 1.52. The van der Waals surface area contributed by atoms with Crippen LogP contribution >= 0.6 is 48.5 Å². The Bertz CT molecular complexity index is 365. The van der Waals surface area contributed by atoms with E-state index >= 15 is 0 Å². The molecule has 0 radical (unpaired) electrons. The Hall–Kier alpha value is -0.480. The van der Waals surface area contributed by atoms with E-state index in [-0.39, 0.29) is 0 Å². The van der Waals surface area contributed by atoms with Crippen molar-refractivity contribution >= 4 is 57.2 Å². The summed E-state index contributed by atoms with van der Waals surface area (Å²) in [5.41, 5.74) is 6.09. The molecule has 0 atom stereocenters. The van der Waals surface area contributed by atoms with Crippen LogP contribution in [0.1, 0.15) is 12.8 Å². The van der Waals surface area contributed by atoms with Gasteiger partial charge in [-0.2, -0.15) is 0 Å². The maximum Gasteiger partial charge on any atom is 0.181 e. The SMILES string of the molecule is S=C(NN1C=CCC1)SOSC(=S)NN1C=CCC1. The molecule has 2 aliphatic heterocycles. The molecule has 2 rings (SSSR count). The highest BCUT2D eigenvalue weighted by atomic mass is 32.2. The zero-order valence-electron chi connectivity index (χ0n) is 10.1. The van der Waals surface area contributed by atoms with Crippen LogP contribution in [0.25, 0.3) is 0 Å². The van der Waals surface area contributed by atoms with Gasteiger partial charge in [-0.3, -0.25) is 20.9 Å². The standard InChI is InChI=1S/C10H14N4OS4/c16-9(11-13-5-1-2-6-13)18-15-19-10(17)12-14-7-3-4-8-14/h1,3,5,7H,2,4,6,8H2,(H,11,16)(H,12,17). The van der Waals surface area contributed by atoms with Gasteiger partial charge in [-0.1, -0.05) is 12.2 Å². The van der Waals surface area contributed by atoms with Crippen molar-refractivity contribution in [2.75, 3.05) is 13.1 Å². The predicted octanol–water partition coefficient (Wildman–Crippen LogP) is 2.32. The van der Waals surface area contributed by atoms with Crippen LogP contribution in [0.5, 0.6) is 0 Å². The smallest absolute Gasteiger partial charge is 0.181 e. The van der Waals surface area contributed by atoms with Gasteiger partial charge in [-0.25, -0.2) is 3.63 Å². The summed E-state index contributed by atoms with van der Waals surface area (Å²) in [6.45, 7) is 1.85. The second kappa shape index (κ2) is 7.95. The molecule has 9 heteroatoms. The Labute approximate surface area is 132 Å². The number of hydrogen-bond donors (Lipinski definition) is 2. The highest BCUT2D eigenvalue weighted by Crippen LogP contribution is 2.17. The molecule has 2 aliphatic rings. The van der Waals surface area contributed by atoms with Crippen LogP contribution < -0.4 is 10.9 Å². The van der Waals surface area contributed by atoms with E-state index in [1.165, 1.54) is 0 Å². The number of nitrogens with zero attached hydrogens (tertiary/aromatic N) is 2. The second-order valence-corrected chi connectivity index (χ2v) is 6.79. The van der Waals surface area contributed by atoms with Crippen molar-refractivity contribution in [3.63, 3.8) is 0 Å². The van der Waals surface area contributed by atoms with E-state index in [1.807, 2.05) is 22.4 Å². The van der Waals surface area contributed by atoms with Gasteiger partial charge < -0.3 is 0 Å². The zero-order chi connectivity index (χ0) is 13.5. The van der Waals surface area contributed by atoms with Crippen LogP contribution in [0.15, 0.2) is 24.6 Å². The Morgan fingerprint density at radius 3 is 1.79 bits per heavy atom. The molecule has 0 fully saturated rings. The maximum atomic E-state index is 5.30. The van der Waals surface area contributed by atoms with Crippen molar-refractivity contribution in [3.8, 4) is 0 Å². The molecular formula is C10H14N4OS4. The topological polar surface area (TPSA) is 39.8 Å². The van der Waals surface area contributed by atoms with Gasteiger partial charge in [0.15, 0.2) is 8.64 Å². The van der Waals surface area contributed by atoms with Crippen LogP contribution in [0.4, 0.5) is 0 Å². The highest BCUT2D eigenvalue weighted by molar-refractivity contribution is 8.29. The van der Waals surface area contributed by atoms with E-state index in [0.717, 1.165) is 50.0 Å². The first kappa shape index (κ1) is 14.9. The predicted molar refractivity (Wildman–Crippen MR) is 88.7 cm³/mol. The molecule has 0 bridgehead atoms. The lowest BCUT2D eigenvalue weighted by molar-refractivity contribution is 0.367. The average molecular weight is 335 g/mol. The first-order valence-corrected chi connectivity index (χ1v) is 8.03. The minimum Gasteiger partial charge on any atom is -0.294 e. The Morgan fingerprint density at radius 2 is 1.42 bits per heavy atom. The Balaban J connectivity index is 1.55. The molecule has 0 amide bonds. The van der Waals surface area contributed by atoms with Crippen molar-refractivity contribution in [3.05, 3.63) is 24.6 Å². The molecule has 0 aromatic rings. The normalized spacial score (nSPS) is 17.1. The van der Waals surface area contributed by atoms with E-state index in [9.17, 15) is 0 Å². The molecule has 0 saturated heterocycles. The van der Waals surface area contributed by atoms with Crippen molar-refractivity contribution in [1.29, 1.82) is 0 Å². The van der Waals surface area contributed by atoms with Gasteiger partial charge in [-0.05, 0) is 37.3 Å². The van der Waals surface area contributed by atoms with Crippen molar-refractivity contribution < 1.29 is 3.63 Å². The molecule has 0 aromatic carbocycles. The number of thiocarbonyl (C=S) groups is 2. The molecule has 19 heavy (non-hydrogen) atoms. The van der Waals surface area contributed by atoms with Gasteiger partial charge in [0.05, 0.1) is 24.1 Å². The monoisotopic (exact) mass is 334 g/mol. The molecule has 2 heterocycles. The third kappa shape index (κ3) is 5.57. The second-order valence-electron chi connectivity index (χ2n) is 3.77. The summed E-state index contributed by atoms with van der Waals surface area (Å²) >= 11 is 12.5. The number of hydrogen-bond acceptors (Lipinski definition) is 7. The molecule has 0 saturated carbocycles. The summed E-state index contributed by atoms with van der Waals surface area (Å²) in [6, 6.07) is 0. The third-order valence-corrected chi connectivity index (χ3v) is 3.95. The van der Waals surface area contributed by atoms with Crippen LogP contribution in [0.2, 0.25) is 0 Å². The minimum atomic E-state index is 0.558. The molecule has 0 aromatic heterocycles. The minimum absolute atomic E-state index is 0.558. The van der Waals surface area contributed by atoms with Crippen LogP contribution in [-0.4, -0.2) is 31.7 Å². The molecule has 0 spiro atoms. The highest BCUT2D eigenvalue weighted by Gasteiger charge is 2.09. The fraction of sp³-hybridized carbons (Fsp3) is 0.400. The van der Waals surface area contributed by atoms with Gasteiger partial charge in [-0.15, -0.1) is 0 Å². The third-order valence-electron chi connectivity index (χ3n) is 2.33. The number of rotatable bonds is 4. The van der Waals surface area contributed by atoms with Crippen molar-refractivity contribution in [2.45, 2.75) is 12.8 Å². The average Bonchev–Trinajstić information content (AvgIpc) is 3.02. The van der Waals surface area contributed by atoms with Gasteiger partial charge in [0.1, 0.15) is 0 Å². The zero-order valence-corrected chi connectivity index (χ0v) is 13.3. The lowest BCUT2D eigenvalue weighted by Gasteiger charge is -2.18. The van der Waals surface area contributed by atoms with Gasteiger partial charge in [0, 0.05) is 25.5 Å². The number of nitrogens with one attached hydrogen (secondary N) is 2. The Kier molecular flexibility index (Phi) is 6.24. The fourth-order valence-corrected chi connectivity index (χ4v) is 3.19.